The van der Waals surface area contributed by atoms with E-state index in [1.54, 1.807) is 20.8 Å². The normalized spacial score (nSPS) is 24.9. The molecule has 1 saturated carbocycles. The van der Waals surface area contributed by atoms with E-state index in [0.29, 0.717) is 17.3 Å². The maximum absolute atomic E-state index is 14.9. The molecule has 152 valence electrons. The molecule has 0 spiro atoms. The summed E-state index contributed by atoms with van der Waals surface area (Å²) in [6, 6.07) is 3.53. The lowest BCUT2D eigenvalue weighted by Gasteiger charge is -2.46. The zero-order valence-corrected chi connectivity index (χ0v) is 17.0. The van der Waals surface area contributed by atoms with Gasteiger partial charge < -0.3 is 5.11 Å². The predicted molar refractivity (Wildman–Crippen MR) is 106 cm³/mol. The van der Waals surface area contributed by atoms with Gasteiger partial charge in [0.05, 0.1) is 10.5 Å². The highest BCUT2D eigenvalue weighted by molar-refractivity contribution is 8.13. The lowest BCUT2D eigenvalue weighted by atomic mass is 9.69. The molecule has 3 rings (SSSR count). The van der Waals surface area contributed by atoms with E-state index in [-0.39, 0.29) is 17.2 Å². The Morgan fingerprint density at radius 2 is 2.14 bits per heavy atom. The molecule has 1 aromatic carbocycles. The topological polar surface area (TPSA) is 96.0 Å². The number of halogens is 1. The summed E-state index contributed by atoms with van der Waals surface area (Å²) in [4.78, 5) is 28.7. The van der Waals surface area contributed by atoms with Crippen molar-refractivity contribution < 1.29 is 19.2 Å². The second kappa shape index (κ2) is 7.35. The number of carbonyl (C=O) groups is 1. The Balaban J connectivity index is 2.20. The number of amidine groups is 1. The second-order valence-corrected chi connectivity index (χ2v) is 9.27. The molecule has 0 bridgehead atoms. The fourth-order valence-corrected chi connectivity index (χ4v) is 5.62. The van der Waals surface area contributed by atoms with Gasteiger partial charge in [-0.05, 0) is 45.6 Å². The van der Waals surface area contributed by atoms with Gasteiger partial charge in [0.2, 0.25) is 0 Å². The molecule has 1 heterocycles. The first kappa shape index (κ1) is 20.6. The van der Waals surface area contributed by atoms with Crippen LogP contribution < -0.4 is 0 Å². The maximum Gasteiger partial charge on any atom is 0.413 e. The van der Waals surface area contributed by atoms with Crippen molar-refractivity contribution in [1.29, 1.82) is 0 Å². The van der Waals surface area contributed by atoms with Crippen molar-refractivity contribution in [1.82, 2.24) is 4.90 Å². The summed E-state index contributed by atoms with van der Waals surface area (Å²) in [5, 5.41) is 21.3. The summed E-state index contributed by atoms with van der Waals surface area (Å²) >= 11 is 1.36. The monoisotopic (exact) mass is 409 g/mol. The van der Waals surface area contributed by atoms with Crippen LogP contribution in [0, 0.1) is 21.8 Å². The smallest absolute Gasteiger partial charge is 0.413 e. The number of aliphatic imine (C=N–C) groups is 1. The highest BCUT2D eigenvalue weighted by Gasteiger charge is 2.48. The number of carboxylic acid groups (broad SMARTS) is 1. The van der Waals surface area contributed by atoms with Crippen molar-refractivity contribution in [3.8, 4) is 0 Å². The van der Waals surface area contributed by atoms with Crippen molar-refractivity contribution in [2.24, 2.45) is 10.9 Å². The van der Waals surface area contributed by atoms with E-state index >= 15 is 0 Å². The minimum Gasteiger partial charge on any atom is -0.465 e. The van der Waals surface area contributed by atoms with E-state index < -0.39 is 27.9 Å². The molecular weight excluding hydrogens is 385 g/mol. The third-order valence-corrected chi connectivity index (χ3v) is 6.53. The molecule has 1 aromatic rings. The lowest BCUT2D eigenvalue weighted by molar-refractivity contribution is -0.385. The van der Waals surface area contributed by atoms with Gasteiger partial charge in [-0.1, -0.05) is 24.6 Å². The van der Waals surface area contributed by atoms with Crippen LogP contribution in [0.25, 0.3) is 0 Å². The summed E-state index contributed by atoms with van der Waals surface area (Å²) in [6.07, 6.45) is 2.04. The van der Waals surface area contributed by atoms with Crippen LogP contribution in [0.3, 0.4) is 0 Å². The van der Waals surface area contributed by atoms with Crippen LogP contribution in [0.5, 0.6) is 0 Å². The Kier molecular flexibility index (Phi) is 5.40. The van der Waals surface area contributed by atoms with Crippen molar-refractivity contribution in [3.05, 3.63) is 39.7 Å². The van der Waals surface area contributed by atoms with Crippen molar-refractivity contribution in [3.63, 3.8) is 0 Å². The fourth-order valence-electron chi connectivity index (χ4n) is 4.12. The molecule has 2 atom stereocenters. The number of hydrogen-bond donors (Lipinski definition) is 1. The summed E-state index contributed by atoms with van der Waals surface area (Å²) in [5.74, 6) is 0.0631. The molecule has 1 amide bonds. The third kappa shape index (κ3) is 3.59. The summed E-state index contributed by atoms with van der Waals surface area (Å²) < 4.78 is 14.9. The van der Waals surface area contributed by atoms with Crippen LogP contribution in [-0.4, -0.2) is 37.5 Å². The van der Waals surface area contributed by atoms with Gasteiger partial charge in [0.25, 0.3) is 5.69 Å². The number of thioether (sulfide) groups is 1. The van der Waals surface area contributed by atoms with Crippen LogP contribution >= 0.6 is 11.8 Å². The second-order valence-electron chi connectivity index (χ2n) is 8.28. The Morgan fingerprint density at radius 1 is 1.43 bits per heavy atom. The zero-order valence-electron chi connectivity index (χ0n) is 16.1. The quantitative estimate of drug-likeness (QED) is 0.548. The minimum atomic E-state index is -1.12. The average molecular weight is 409 g/mol. The summed E-state index contributed by atoms with van der Waals surface area (Å²) in [6.45, 7) is 5.33. The molecule has 1 N–H and O–H groups in total. The first-order valence-electron chi connectivity index (χ1n) is 9.26. The molecule has 28 heavy (non-hydrogen) atoms. The van der Waals surface area contributed by atoms with Gasteiger partial charge in [0.1, 0.15) is 5.82 Å². The number of nitro benzene ring substituents is 1. The van der Waals surface area contributed by atoms with Crippen LogP contribution in [0.15, 0.2) is 23.2 Å². The molecule has 9 heteroatoms. The molecular formula is C19H24FN3O4S. The van der Waals surface area contributed by atoms with E-state index in [0.717, 1.165) is 31.4 Å². The van der Waals surface area contributed by atoms with E-state index in [1.807, 2.05) is 0 Å². The van der Waals surface area contributed by atoms with Crippen LogP contribution in [0.1, 0.15) is 52.0 Å². The molecule has 1 aliphatic heterocycles. The van der Waals surface area contributed by atoms with E-state index in [2.05, 4.69) is 0 Å². The van der Waals surface area contributed by atoms with E-state index in [9.17, 15) is 24.4 Å². The Morgan fingerprint density at radius 3 is 2.75 bits per heavy atom. The molecule has 0 unspecified atom stereocenters. The predicted octanol–water partition coefficient (Wildman–Crippen LogP) is 5.00. The van der Waals surface area contributed by atoms with Crippen LogP contribution in [0.2, 0.25) is 0 Å². The summed E-state index contributed by atoms with van der Waals surface area (Å²) in [7, 11) is 0. The van der Waals surface area contributed by atoms with E-state index in [4.69, 9.17) is 4.99 Å². The van der Waals surface area contributed by atoms with Gasteiger partial charge in [0.15, 0.2) is 5.17 Å². The Labute approximate surface area is 167 Å². The first-order valence-corrected chi connectivity index (χ1v) is 10.2. The number of benzene rings is 1. The average Bonchev–Trinajstić information content (AvgIpc) is 2.60. The third-order valence-electron chi connectivity index (χ3n) is 5.43. The standard InChI is InChI=1S/C19H24FN3O4S/c1-18(2,3)22(17(24)25)16-21-19(9-5-4-6-12(19)11-28-16)14-10-13(23(26)27)7-8-15(14)20/h7-8,10,12H,4-6,9,11H2,1-3H3,(H,24,25)/t12-,19-/m0/s1. The van der Waals surface area contributed by atoms with Gasteiger partial charge in [0, 0.05) is 29.0 Å². The van der Waals surface area contributed by atoms with Gasteiger partial charge in [-0.3, -0.25) is 20.0 Å². The number of rotatable bonds is 2. The molecule has 1 aliphatic carbocycles. The Bertz CT molecular complexity index is 839. The number of nitro groups is 1. The van der Waals surface area contributed by atoms with Crippen LogP contribution in [0.4, 0.5) is 14.9 Å². The van der Waals surface area contributed by atoms with Crippen molar-refractivity contribution in [2.45, 2.75) is 57.5 Å². The van der Waals surface area contributed by atoms with Gasteiger partial charge in [-0.25, -0.2) is 9.18 Å². The fraction of sp³-hybridized carbons (Fsp3) is 0.579. The van der Waals surface area contributed by atoms with Crippen molar-refractivity contribution >= 4 is 28.7 Å². The molecule has 2 aliphatic rings. The molecule has 0 aromatic heterocycles. The Hall–Kier alpha value is -2.16. The molecule has 0 saturated heterocycles. The zero-order chi connectivity index (χ0) is 20.7. The van der Waals surface area contributed by atoms with E-state index in [1.165, 1.54) is 22.7 Å². The molecule has 7 nitrogen and oxygen atoms in total. The highest BCUT2D eigenvalue weighted by atomic mass is 32.2. The number of amides is 1. The number of hydrogen-bond acceptors (Lipinski definition) is 5. The van der Waals surface area contributed by atoms with Gasteiger partial charge in [-0.15, -0.1) is 0 Å². The lowest BCUT2D eigenvalue weighted by Crippen LogP contribution is -2.52. The molecule has 1 fully saturated rings. The largest absolute Gasteiger partial charge is 0.465 e. The number of fused-ring (bicyclic) bond motifs is 1. The molecule has 0 radical (unpaired) electrons. The van der Waals surface area contributed by atoms with Crippen LogP contribution in [-0.2, 0) is 5.54 Å². The summed E-state index contributed by atoms with van der Waals surface area (Å²) in [5.41, 5.74) is -1.69. The first-order chi connectivity index (χ1) is 13.1. The van der Waals surface area contributed by atoms with Crippen molar-refractivity contribution in [2.75, 3.05) is 5.75 Å². The number of non-ortho nitro benzene ring substituents is 1. The number of nitrogens with zero attached hydrogens (tertiary/aromatic N) is 3. The highest BCUT2D eigenvalue weighted by Crippen LogP contribution is 2.51. The SMILES string of the molecule is CC(C)(C)N(C(=O)O)C1=N[C@@]2(c3cc([N+](=O)[O-])ccc3F)CCCC[C@H]2CS1. The minimum absolute atomic E-state index is 0.00196. The van der Waals surface area contributed by atoms with Gasteiger partial charge in [-0.2, -0.15) is 0 Å². The van der Waals surface area contributed by atoms with Gasteiger partial charge >= 0.3 is 6.09 Å². The maximum atomic E-state index is 14.9.